The highest BCUT2D eigenvalue weighted by Crippen LogP contribution is 2.28. The van der Waals surface area contributed by atoms with Crippen molar-refractivity contribution in [2.45, 2.75) is 46.5 Å². The largest absolute Gasteiger partial charge is 0.508 e. The molecule has 2 rings (SSSR count). The zero-order valence-electron chi connectivity index (χ0n) is 12.9. The molecule has 0 unspecified atom stereocenters. The van der Waals surface area contributed by atoms with Crippen molar-refractivity contribution in [1.29, 1.82) is 0 Å². The van der Waals surface area contributed by atoms with E-state index in [1.54, 1.807) is 0 Å². The molecule has 0 fully saturated rings. The molecule has 20 heavy (non-hydrogen) atoms. The molecule has 0 saturated carbocycles. The van der Waals surface area contributed by atoms with Gasteiger partial charge in [-0.3, -0.25) is 0 Å². The maximum absolute atomic E-state index is 9.93. The first-order chi connectivity index (χ1) is 9.47. The molecule has 0 aliphatic rings. The number of benzene rings is 2. The summed E-state index contributed by atoms with van der Waals surface area (Å²) in [6.07, 6.45) is 4.24. The molecule has 0 bridgehead atoms. The summed E-state index contributed by atoms with van der Waals surface area (Å²) in [5, 5.41) is 12.3. The fourth-order valence-corrected chi connectivity index (χ4v) is 2.53. The number of hydrogen-bond acceptors (Lipinski definition) is 1. The fourth-order valence-electron chi connectivity index (χ4n) is 2.53. The van der Waals surface area contributed by atoms with Gasteiger partial charge in [-0.1, -0.05) is 43.7 Å². The lowest BCUT2D eigenvalue weighted by molar-refractivity contribution is 0.475. The number of phenolic OH excluding ortho intramolecular Hbond substituents is 1. The van der Waals surface area contributed by atoms with Gasteiger partial charge >= 0.3 is 0 Å². The monoisotopic (exact) mass is 268 g/mol. The van der Waals surface area contributed by atoms with Crippen LogP contribution in [0.5, 0.6) is 5.75 Å². The molecule has 1 N–H and O–H groups in total. The molecule has 0 amide bonds. The van der Waals surface area contributed by atoms with Crippen LogP contribution in [-0.2, 0) is 6.42 Å². The summed E-state index contributed by atoms with van der Waals surface area (Å²) in [6.45, 7) is 8.63. The van der Waals surface area contributed by atoms with Crippen LogP contribution in [0.15, 0.2) is 42.0 Å². The first kappa shape index (κ1) is 14.6. The van der Waals surface area contributed by atoms with E-state index in [4.69, 9.17) is 0 Å². The lowest BCUT2D eigenvalue weighted by Crippen LogP contribution is -1.91. The van der Waals surface area contributed by atoms with Gasteiger partial charge in [0, 0.05) is 0 Å². The molecule has 0 aliphatic carbocycles. The maximum Gasteiger partial charge on any atom is 0.116 e. The Bertz CT molecular complexity index is 632. The van der Waals surface area contributed by atoms with Gasteiger partial charge in [0.2, 0.25) is 0 Å². The molecule has 0 saturated heterocycles. The van der Waals surface area contributed by atoms with Gasteiger partial charge < -0.3 is 5.11 Å². The smallest absolute Gasteiger partial charge is 0.116 e. The van der Waals surface area contributed by atoms with Gasteiger partial charge in [0.05, 0.1) is 0 Å². The van der Waals surface area contributed by atoms with Crippen LogP contribution in [0.1, 0.15) is 51.2 Å². The second-order valence-electron chi connectivity index (χ2n) is 6.06. The Hall–Kier alpha value is -1.76. The zero-order valence-corrected chi connectivity index (χ0v) is 12.9. The Morgan fingerprint density at radius 1 is 1.15 bits per heavy atom. The van der Waals surface area contributed by atoms with Crippen molar-refractivity contribution >= 4 is 10.8 Å². The number of fused-ring (bicyclic) bond motifs is 1. The zero-order chi connectivity index (χ0) is 14.7. The standard InChI is InChI=1S/C19H24O/c1-13(2)6-5-7-16-11-18(20)12-17-10-15(14(3)4)8-9-19(16)17/h6,8-12,14,20H,5,7H2,1-4H3. The summed E-state index contributed by atoms with van der Waals surface area (Å²) in [6, 6.07) is 10.4. The maximum atomic E-state index is 9.93. The van der Waals surface area contributed by atoms with Crippen molar-refractivity contribution in [3.8, 4) is 5.75 Å². The molecular formula is C19H24O. The SMILES string of the molecule is CC(C)=CCCc1cc(O)cc2cc(C(C)C)ccc12. The van der Waals surface area contributed by atoms with Crippen molar-refractivity contribution in [2.75, 3.05) is 0 Å². The minimum Gasteiger partial charge on any atom is -0.508 e. The van der Waals surface area contributed by atoms with Crippen LogP contribution >= 0.6 is 0 Å². The van der Waals surface area contributed by atoms with Gasteiger partial charge in [-0.15, -0.1) is 0 Å². The minimum atomic E-state index is 0.366. The van der Waals surface area contributed by atoms with Crippen molar-refractivity contribution < 1.29 is 5.11 Å². The van der Waals surface area contributed by atoms with Gasteiger partial charge in [0.15, 0.2) is 0 Å². The Kier molecular flexibility index (Phi) is 4.49. The minimum absolute atomic E-state index is 0.366. The predicted molar refractivity (Wildman–Crippen MR) is 87.5 cm³/mol. The number of hydrogen-bond donors (Lipinski definition) is 1. The van der Waals surface area contributed by atoms with Crippen molar-refractivity contribution in [3.63, 3.8) is 0 Å². The number of aryl methyl sites for hydroxylation is 1. The van der Waals surface area contributed by atoms with Gasteiger partial charge in [-0.25, -0.2) is 0 Å². The average Bonchev–Trinajstić information content (AvgIpc) is 2.37. The summed E-state index contributed by atoms with van der Waals surface area (Å²) in [7, 11) is 0. The molecule has 0 radical (unpaired) electrons. The van der Waals surface area contributed by atoms with Crippen molar-refractivity contribution in [3.05, 3.63) is 53.1 Å². The summed E-state index contributed by atoms with van der Waals surface area (Å²) >= 11 is 0. The number of allylic oxidation sites excluding steroid dienone is 2. The molecule has 106 valence electrons. The molecule has 0 atom stereocenters. The second kappa shape index (κ2) is 6.13. The predicted octanol–water partition coefficient (Wildman–Crippen LogP) is 5.57. The van der Waals surface area contributed by atoms with E-state index in [9.17, 15) is 5.11 Å². The molecular weight excluding hydrogens is 244 g/mol. The normalized spacial score (nSPS) is 11.1. The van der Waals surface area contributed by atoms with Crippen LogP contribution in [0.2, 0.25) is 0 Å². The number of rotatable bonds is 4. The fraction of sp³-hybridized carbons (Fsp3) is 0.368. The van der Waals surface area contributed by atoms with Gasteiger partial charge in [-0.2, -0.15) is 0 Å². The summed E-state index contributed by atoms with van der Waals surface area (Å²) in [4.78, 5) is 0. The van der Waals surface area contributed by atoms with Gasteiger partial charge in [-0.05, 0) is 66.6 Å². The van der Waals surface area contributed by atoms with Gasteiger partial charge in [0.25, 0.3) is 0 Å². The molecule has 2 aromatic carbocycles. The van der Waals surface area contributed by atoms with Crippen LogP contribution in [0.3, 0.4) is 0 Å². The van der Waals surface area contributed by atoms with Crippen LogP contribution < -0.4 is 0 Å². The van der Waals surface area contributed by atoms with E-state index in [0.717, 1.165) is 18.2 Å². The van der Waals surface area contributed by atoms with E-state index in [-0.39, 0.29) is 0 Å². The average molecular weight is 268 g/mol. The quantitative estimate of drug-likeness (QED) is 0.719. The van der Waals surface area contributed by atoms with Crippen LogP contribution in [0.4, 0.5) is 0 Å². The summed E-state index contributed by atoms with van der Waals surface area (Å²) < 4.78 is 0. The van der Waals surface area contributed by atoms with E-state index < -0.39 is 0 Å². The molecule has 1 nitrogen and oxygen atoms in total. The number of aromatic hydroxyl groups is 1. The van der Waals surface area contributed by atoms with Crippen molar-refractivity contribution in [2.24, 2.45) is 0 Å². The van der Waals surface area contributed by atoms with Crippen LogP contribution in [-0.4, -0.2) is 5.11 Å². The highest BCUT2D eigenvalue weighted by atomic mass is 16.3. The first-order valence-corrected chi connectivity index (χ1v) is 7.36. The Balaban J connectivity index is 2.41. The molecule has 2 aromatic rings. The van der Waals surface area contributed by atoms with E-state index in [1.807, 2.05) is 12.1 Å². The van der Waals surface area contributed by atoms with Gasteiger partial charge in [0.1, 0.15) is 5.75 Å². The lowest BCUT2D eigenvalue weighted by Gasteiger charge is -2.11. The Morgan fingerprint density at radius 2 is 1.90 bits per heavy atom. The topological polar surface area (TPSA) is 20.2 Å². The van der Waals surface area contributed by atoms with E-state index in [0.29, 0.717) is 11.7 Å². The molecule has 1 heteroatoms. The number of phenols is 1. The Labute approximate surface area is 122 Å². The van der Waals surface area contributed by atoms with Crippen molar-refractivity contribution in [1.82, 2.24) is 0 Å². The van der Waals surface area contributed by atoms with E-state index in [1.165, 1.54) is 22.1 Å². The van der Waals surface area contributed by atoms with E-state index >= 15 is 0 Å². The highest BCUT2D eigenvalue weighted by Gasteiger charge is 2.06. The van der Waals surface area contributed by atoms with Crippen LogP contribution in [0, 0.1) is 0 Å². The highest BCUT2D eigenvalue weighted by molar-refractivity contribution is 5.88. The third kappa shape index (κ3) is 3.41. The molecule has 0 heterocycles. The molecule has 0 aromatic heterocycles. The Morgan fingerprint density at radius 3 is 2.55 bits per heavy atom. The first-order valence-electron chi connectivity index (χ1n) is 7.36. The van der Waals surface area contributed by atoms with Crippen LogP contribution in [0.25, 0.3) is 10.8 Å². The molecule has 0 spiro atoms. The van der Waals surface area contributed by atoms with E-state index in [2.05, 4.69) is 52.0 Å². The third-order valence-corrected chi connectivity index (χ3v) is 3.68. The molecule has 0 aliphatic heterocycles. The second-order valence-corrected chi connectivity index (χ2v) is 6.06. The lowest BCUT2D eigenvalue weighted by atomic mass is 9.95. The third-order valence-electron chi connectivity index (χ3n) is 3.68. The summed E-state index contributed by atoms with van der Waals surface area (Å²) in [5.74, 6) is 0.876. The summed E-state index contributed by atoms with van der Waals surface area (Å²) in [5.41, 5.74) is 3.89.